The lowest BCUT2D eigenvalue weighted by atomic mass is 9.91. The summed E-state index contributed by atoms with van der Waals surface area (Å²) in [5, 5.41) is 22.1. The Balaban J connectivity index is 1.16. The molecule has 0 aromatic carbocycles. The van der Waals surface area contributed by atoms with Crippen LogP contribution in [0.15, 0.2) is 12.4 Å². The number of aryl methyl sites for hydroxylation is 2. The molecule has 13 heteroatoms. The normalized spacial score (nSPS) is 22.8. The first-order chi connectivity index (χ1) is 18.3. The molecule has 0 aliphatic heterocycles. The molecular formula is C25H28F2N8O2S. The van der Waals surface area contributed by atoms with Crippen LogP contribution in [0.4, 0.5) is 25.5 Å². The van der Waals surface area contributed by atoms with E-state index in [4.69, 9.17) is 0 Å². The summed E-state index contributed by atoms with van der Waals surface area (Å²) in [6.45, 7) is 0. The SMILES string of the molecule is Cn1nc(C(F)F)cc1Nc1nncn1[C@H]1CCc2sc(NC(=O)C3CC3)c(C(=O)N[C@@H]3CC34CC4)c2C1. The van der Waals surface area contributed by atoms with Crippen LogP contribution in [0.5, 0.6) is 0 Å². The molecule has 0 bridgehead atoms. The Morgan fingerprint density at radius 1 is 1.24 bits per heavy atom. The third-order valence-corrected chi connectivity index (χ3v) is 9.57. The summed E-state index contributed by atoms with van der Waals surface area (Å²) in [6, 6.07) is 1.47. The first kappa shape index (κ1) is 23.7. The van der Waals surface area contributed by atoms with Gasteiger partial charge in [0.25, 0.3) is 12.3 Å². The minimum absolute atomic E-state index is 0.0103. The fourth-order valence-electron chi connectivity index (χ4n) is 5.61. The van der Waals surface area contributed by atoms with Gasteiger partial charge in [-0.05, 0) is 62.3 Å². The van der Waals surface area contributed by atoms with Crippen molar-refractivity contribution in [1.29, 1.82) is 0 Å². The third kappa shape index (κ3) is 4.16. The summed E-state index contributed by atoms with van der Waals surface area (Å²) in [7, 11) is 1.58. The molecule has 38 heavy (non-hydrogen) atoms. The number of alkyl halides is 2. The molecule has 3 saturated carbocycles. The molecule has 2 amide bonds. The molecule has 0 saturated heterocycles. The standard InChI is InChI=1S/C25H28F2N8O2S/c1-34-18(9-15(33-34)20(26)27)30-24-32-28-11-35(24)13-4-5-16-14(8-13)19(22(37)29-17-10-25(17)6-7-25)23(38-16)31-21(36)12-2-3-12/h9,11-13,17,20H,2-8,10H2,1H3,(H,29,37)(H,30,32)(H,31,36)/t13-,17+/m0/s1. The predicted octanol–water partition coefficient (Wildman–Crippen LogP) is 4.12. The Morgan fingerprint density at radius 3 is 2.74 bits per heavy atom. The van der Waals surface area contributed by atoms with Crippen molar-refractivity contribution in [3.8, 4) is 0 Å². The maximum Gasteiger partial charge on any atom is 0.282 e. The molecule has 3 aromatic rings. The average Bonchev–Trinajstić information content (AvgIpc) is 3.84. The number of carbonyl (C=O) groups is 2. The fraction of sp³-hybridized carbons (Fsp3) is 0.560. The number of halogens is 2. The highest BCUT2D eigenvalue weighted by molar-refractivity contribution is 7.17. The average molecular weight is 543 g/mol. The molecule has 3 heterocycles. The zero-order valence-electron chi connectivity index (χ0n) is 20.8. The number of amides is 2. The van der Waals surface area contributed by atoms with Crippen molar-refractivity contribution in [3.63, 3.8) is 0 Å². The van der Waals surface area contributed by atoms with Crippen LogP contribution in [-0.4, -0.2) is 42.4 Å². The number of nitrogens with one attached hydrogen (secondary N) is 3. The third-order valence-electron chi connectivity index (χ3n) is 8.36. The number of nitrogens with zero attached hydrogens (tertiary/aromatic N) is 5. The van der Waals surface area contributed by atoms with Gasteiger partial charge in [0, 0.05) is 36.0 Å². The number of hydrogen-bond acceptors (Lipinski definition) is 7. The van der Waals surface area contributed by atoms with E-state index in [2.05, 4.69) is 31.2 Å². The number of anilines is 3. The lowest BCUT2D eigenvalue weighted by molar-refractivity contribution is -0.117. The van der Waals surface area contributed by atoms with Gasteiger partial charge in [-0.15, -0.1) is 21.5 Å². The zero-order valence-corrected chi connectivity index (χ0v) is 21.7. The highest BCUT2D eigenvalue weighted by Gasteiger charge is 2.63. The quantitative estimate of drug-likeness (QED) is 0.394. The van der Waals surface area contributed by atoms with Crippen LogP contribution in [-0.2, 0) is 24.7 Å². The lowest BCUT2D eigenvalue weighted by Gasteiger charge is -2.25. The lowest BCUT2D eigenvalue weighted by Crippen LogP contribution is -2.30. The van der Waals surface area contributed by atoms with Gasteiger partial charge in [-0.2, -0.15) is 5.10 Å². The number of rotatable bonds is 8. The molecule has 1 spiro atoms. The molecular weight excluding hydrogens is 514 g/mol. The second-order valence-electron chi connectivity index (χ2n) is 11.0. The predicted molar refractivity (Wildman–Crippen MR) is 136 cm³/mol. The summed E-state index contributed by atoms with van der Waals surface area (Å²) in [5.41, 5.74) is 1.55. The topological polar surface area (TPSA) is 119 Å². The van der Waals surface area contributed by atoms with Gasteiger partial charge in [-0.1, -0.05) is 0 Å². The second-order valence-corrected chi connectivity index (χ2v) is 12.1. The minimum Gasteiger partial charge on any atom is -0.349 e. The fourth-order valence-corrected chi connectivity index (χ4v) is 6.86. The number of thiophene rings is 1. The molecule has 7 rings (SSSR count). The number of fused-ring (bicyclic) bond motifs is 1. The van der Waals surface area contributed by atoms with E-state index in [-0.39, 0.29) is 35.5 Å². The van der Waals surface area contributed by atoms with Gasteiger partial charge in [-0.25, -0.2) is 8.78 Å². The maximum absolute atomic E-state index is 13.6. The number of aromatic nitrogens is 5. The van der Waals surface area contributed by atoms with E-state index in [1.165, 1.54) is 34.9 Å². The summed E-state index contributed by atoms with van der Waals surface area (Å²) in [6.07, 6.45) is 6.22. The van der Waals surface area contributed by atoms with Crippen LogP contribution < -0.4 is 16.0 Å². The van der Waals surface area contributed by atoms with E-state index in [1.807, 2.05) is 4.57 Å². The Bertz CT molecular complexity index is 1440. The molecule has 3 fully saturated rings. The van der Waals surface area contributed by atoms with E-state index in [9.17, 15) is 18.4 Å². The van der Waals surface area contributed by atoms with E-state index in [1.54, 1.807) is 13.4 Å². The van der Waals surface area contributed by atoms with E-state index >= 15 is 0 Å². The summed E-state index contributed by atoms with van der Waals surface area (Å²) >= 11 is 1.51. The highest BCUT2D eigenvalue weighted by Crippen LogP contribution is 2.66. The molecule has 4 aliphatic rings. The van der Waals surface area contributed by atoms with Crippen molar-refractivity contribution in [2.45, 2.75) is 69.9 Å². The van der Waals surface area contributed by atoms with Crippen molar-refractivity contribution in [2.75, 3.05) is 10.6 Å². The Morgan fingerprint density at radius 2 is 2.05 bits per heavy atom. The second kappa shape index (κ2) is 8.58. The number of hydrogen-bond donors (Lipinski definition) is 3. The van der Waals surface area contributed by atoms with Gasteiger partial charge in [0.15, 0.2) is 0 Å². The summed E-state index contributed by atoms with van der Waals surface area (Å²) in [5.74, 6) is 0.715. The van der Waals surface area contributed by atoms with Crippen LogP contribution in [0.1, 0.15) is 77.5 Å². The van der Waals surface area contributed by atoms with Crippen molar-refractivity contribution in [3.05, 3.63) is 34.1 Å². The van der Waals surface area contributed by atoms with Gasteiger partial charge in [0.1, 0.15) is 22.8 Å². The van der Waals surface area contributed by atoms with Crippen LogP contribution in [0.3, 0.4) is 0 Å². The maximum atomic E-state index is 13.6. The van der Waals surface area contributed by atoms with Crippen molar-refractivity contribution < 1.29 is 18.4 Å². The molecule has 0 unspecified atom stereocenters. The van der Waals surface area contributed by atoms with Gasteiger partial charge < -0.3 is 16.0 Å². The van der Waals surface area contributed by atoms with Crippen LogP contribution in [0, 0.1) is 11.3 Å². The molecule has 2 atom stereocenters. The van der Waals surface area contributed by atoms with Crippen molar-refractivity contribution in [1.82, 2.24) is 29.9 Å². The molecule has 10 nitrogen and oxygen atoms in total. The minimum atomic E-state index is -2.67. The van der Waals surface area contributed by atoms with Crippen LogP contribution in [0.25, 0.3) is 0 Å². The molecule has 200 valence electrons. The summed E-state index contributed by atoms with van der Waals surface area (Å²) in [4.78, 5) is 27.3. The monoisotopic (exact) mass is 542 g/mol. The van der Waals surface area contributed by atoms with E-state index < -0.39 is 6.43 Å². The Labute approximate surface area is 221 Å². The van der Waals surface area contributed by atoms with Crippen LogP contribution >= 0.6 is 11.3 Å². The van der Waals surface area contributed by atoms with E-state index in [0.29, 0.717) is 34.2 Å². The zero-order chi connectivity index (χ0) is 26.2. The largest absolute Gasteiger partial charge is 0.349 e. The molecule has 0 radical (unpaired) electrons. The first-order valence-electron chi connectivity index (χ1n) is 13.1. The first-order valence-corrected chi connectivity index (χ1v) is 13.9. The molecule has 3 aromatic heterocycles. The molecule has 3 N–H and O–H groups in total. The van der Waals surface area contributed by atoms with Gasteiger partial charge in [-0.3, -0.25) is 18.8 Å². The molecule has 4 aliphatic carbocycles. The van der Waals surface area contributed by atoms with Gasteiger partial charge >= 0.3 is 0 Å². The Hall–Kier alpha value is -3.35. The van der Waals surface area contributed by atoms with Gasteiger partial charge in [0.2, 0.25) is 11.9 Å². The van der Waals surface area contributed by atoms with Crippen molar-refractivity contribution in [2.24, 2.45) is 18.4 Å². The highest BCUT2D eigenvalue weighted by atomic mass is 32.1. The van der Waals surface area contributed by atoms with Gasteiger partial charge in [0.05, 0.1) is 5.56 Å². The van der Waals surface area contributed by atoms with E-state index in [0.717, 1.165) is 42.5 Å². The summed E-state index contributed by atoms with van der Waals surface area (Å²) < 4.78 is 29.5. The van der Waals surface area contributed by atoms with Crippen LogP contribution in [0.2, 0.25) is 0 Å². The van der Waals surface area contributed by atoms with Crippen molar-refractivity contribution >= 4 is 39.9 Å². The number of carbonyl (C=O) groups excluding carboxylic acids is 2. The smallest absolute Gasteiger partial charge is 0.282 e. The Kier molecular flexibility index (Phi) is 5.36.